The molecule has 1 N–H and O–H groups in total. The van der Waals surface area contributed by atoms with Crippen molar-refractivity contribution in [1.29, 1.82) is 0 Å². The molecule has 2 heterocycles. The molecule has 0 saturated carbocycles. The number of piperidine rings is 1. The van der Waals surface area contributed by atoms with E-state index in [0.29, 0.717) is 6.10 Å². The lowest BCUT2D eigenvalue weighted by Gasteiger charge is -2.28. The van der Waals surface area contributed by atoms with Gasteiger partial charge in [-0.15, -0.1) is 0 Å². The smallest absolute Gasteiger partial charge is 0.104 e. The van der Waals surface area contributed by atoms with E-state index in [2.05, 4.69) is 5.32 Å². The van der Waals surface area contributed by atoms with E-state index >= 15 is 0 Å². The SMILES string of the molecule is C1CNCC(CCOC2COC2)C1. The molecule has 0 aromatic carbocycles. The summed E-state index contributed by atoms with van der Waals surface area (Å²) in [6, 6.07) is 0. The van der Waals surface area contributed by atoms with Crippen LogP contribution in [0.5, 0.6) is 0 Å². The third-order valence-corrected chi connectivity index (χ3v) is 2.89. The van der Waals surface area contributed by atoms with Gasteiger partial charge in [-0.25, -0.2) is 0 Å². The third kappa shape index (κ3) is 2.93. The highest BCUT2D eigenvalue weighted by atomic mass is 16.6. The number of rotatable bonds is 4. The number of hydrogen-bond donors (Lipinski definition) is 1. The Bertz CT molecular complexity index is 142. The summed E-state index contributed by atoms with van der Waals surface area (Å²) >= 11 is 0. The molecule has 2 rings (SSSR count). The lowest BCUT2D eigenvalue weighted by atomic mass is 9.97. The lowest BCUT2D eigenvalue weighted by molar-refractivity contribution is -0.131. The van der Waals surface area contributed by atoms with Gasteiger partial charge in [0.25, 0.3) is 0 Å². The van der Waals surface area contributed by atoms with Crippen LogP contribution in [0.1, 0.15) is 19.3 Å². The summed E-state index contributed by atoms with van der Waals surface area (Å²) in [4.78, 5) is 0. The molecule has 0 aromatic heterocycles. The van der Waals surface area contributed by atoms with Gasteiger partial charge in [-0.2, -0.15) is 0 Å². The Labute approximate surface area is 79.8 Å². The third-order valence-electron chi connectivity index (χ3n) is 2.89. The van der Waals surface area contributed by atoms with E-state index in [0.717, 1.165) is 25.7 Å². The normalized spacial score (nSPS) is 30.0. The molecular weight excluding hydrogens is 166 g/mol. The van der Waals surface area contributed by atoms with Gasteiger partial charge in [0.2, 0.25) is 0 Å². The first-order valence-corrected chi connectivity index (χ1v) is 5.35. The van der Waals surface area contributed by atoms with Crippen LogP contribution in [0.3, 0.4) is 0 Å². The molecule has 2 saturated heterocycles. The van der Waals surface area contributed by atoms with E-state index < -0.39 is 0 Å². The summed E-state index contributed by atoms with van der Waals surface area (Å²) in [7, 11) is 0. The first-order chi connectivity index (χ1) is 6.45. The molecule has 2 aliphatic heterocycles. The Kier molecular flexibility index (Phi) is 3.58. The van der Waals surface area contributed by atoms with Crippen molar-refractivity contribution in [2.45, 2.75) is 25.4 Å². The molecule has 2 fully saturated rings. The quantitative estimate of drug-likeness (QED) is 0.702. The van der Waals surface area contributed by atoms with Crippen molar-refractivity contribution in [3.8, 4) is 0 Å². The van der Waals surface area contributed by atoms with Crippen LogP contribution in [0.25, 0.3) is 0 Å². The average molecular weight is 185 g/mol. The van der Waals surface area contributed by atoms with Crippen LogP contribution in [0.2, 0.25) is 0 Å². The Morgan fingerprint density at radius 3 is 2.92 bits per heavy atom. The van der Waals surface area contributed by atoms with Gasteiger partial charge in [0, 0.05) is 6.61 Å². The van der Waals surface area contributed by atoms with Gasteiger partial charge in [0.15, 0.2) is 0 Å². The first kappa shape index (κ1) is 9.44. The Morgan fingerprint density at radius 2 is 2.31 bits per heavy atom. The van der Waals surface area contributed by atoms with Crippen molar-refractivity contribution >= 4 is 0 Å². The predicted octanol–water partition coefficient (Wildman–Crippen LogP) is 0.791. The van der Waals surface area contributed by atoms with E-state index in [4.69, 9.17) is 9.47 Å². The van der Waals surface area contributed by atoms with Crippen LogP contribution in [0.15, 0.2) is 0 Å². The largest absolute Gasteiger partial charge is 0.376 e. The highest BCUT2D eigenvalue weighted by molar-refractivity contribution is 4.70. The number of nitrogens with one attached hydrogen (secondary N) is 1. The summed E-state index contributed by atoms with van der Waals surface area (Å²) in [5.41, 5.74) is 0. The van der Waals surface area contributed by atoms with Crippen molar-refractivity contribution in [2.75, 3.05) is 32.9 Å². The van der Waals surface area contributed by atoms with Crippen molar-refractivity contribution in [3.05, 3.63) is 0 Å². The second kappa shape index (κ2) is 4.94. The summed E-state index contributed by atoms with van der Waals surface area (Å²) in [5.74, 6) is 0.842. The van der Waals surface area contributed by atoms with E-state index in [1.165, 1.54) is 32.4 Å². The topological polar surface area (TPSA) is 30.5 Å². The van der Waals surface area contributed by atoms with Gasteiger partial charge in [-0.3, -0.25) is 0 Å². The maximum absolute atomic E-state index is 5.63. The molecule has 13 heavy (non-hydrogen) atoms. The van der Waals surface area contributed by atoms with Crippen molar-refractivity contribution in [2.24, 2.45) is 5.92 Å². The molecule has 1 unspecified atom stereocenters. The van der Waals surface area contributed by atoms with Gasteiger partial charge >= 0.3 is 0 Å². The molecule has 0 amide bonds. The number of hydrogen-bond acceptors (Lipinski definition) is 3. The van der Waals surface area contributed by atoms with Crippen molar-refractivity contribution < 1.29 is 9.47 Å². The summed E-state index contributed by atoms with van der Waals surface area (Å²) in [5, 5.41) is 3.42. The summed E-state index contributed by atoms with van der Waals surface area (Å²) in [6.45, 7) is 4.92. The van der Waals surface area contributed by atoms with Gasteiger partial charge in [-0.05, 0) is 38.3 Å². The molecular formula is C10H19NO2. The fraction of sp³-hybridized carbons (Fsp3) is 1.00. The summed E-state index contributed by atoms with van der Waals surface area (Å²) < 4.78 is 10.7. The summed E-state index contributed by atoms with van der Waals surface area (Å²) in [6.07, 6.45) is 4.31. The highest BCUT2D eigenvalue weighted by Gasteiger charge is 2.19. The molecule has 0 aromatic rings. The zero-order chi connectivity index (χ0) is 8.93. The van der Waals surface area contributed by atoms with E-state index in [1.807, 2.05) is 0 Å². The zero-order valence-corrected chi connectivity index (χ0v) is 8.13. The van der Waals surface area contributed by atoms with Gasteiger partial charge < -0.3 is 14.8 Å². The van der Waals surface area contributed by atoms with Gasteiger partial charge in [0.1, 0.15) is 6.10 Å². The molecule has 0 radical (unpaired) electrons. The number of ether oxygens (including phenoxy) is 2. The molecule has 0 aliphatic carbocycles. The lowest BCUT2D eigenvalue weighted by Crippen LogP contribution is -2.37. The minimum Gasteiger partial charge on any atom is -0.376 e. The predicted molar refractivity (Wildman–Crippen MR) is 50.8 cm³/mol. The molecule has 3 nitrogen and oxygen atoms in total. The highest BCUT2D eigenvalue weighted by Crippen LogP contribution is 2.15. The second-order valence-electron chi connectivity index (χ2n) is 4.03. The van der Waals surface area contributed by atoms with E-state index in [9.17, 15) is 0 Å². The van der Waals surface area contributed by atoms with Crippen molar-refractivity contribution in [1.82, 2.24) is 5.32 Å². The molecule has 0 bridgehead atoms. The van der Waals surface area contributed by atoms with E-state index in [1.54, 1.807) is 0 Å². The van der Waals surface area contributed by atoms with Crippen LogP contribution in [-0.2, 0) is 9.47 Å². The average Bonchev–Trinajstić information content (AvgIpc) is 2.11. The second-order valence-corrected chi connectivity index (χ2v) is 4.03. The fourth-order valence-electron chi connectivity index (χ4n) is 1.88. The molecule has 2 aliphatic rings. The Morgan fingerprint density at radius 1 is 1.38 bits per heavy atom. The minimum atomic E-state index is 0.400. The molecule has 1 atom stereocenters. The zero-order valence-electron chi connectivity index (χ0n) is 8.13. The monoisotopic (exact) mass is 185 g/mol. The fourth-order valence-corrected chi connectivity index (χ4v) is 1.88. The van der Waals surface area contributed by atoms with Crippen LogP contribution in [-0.4, -0.2) is 39.0 Å². The van der Waals surface area contributed by atoms with Crippen LogP contribution in [0, 0.1) is 5.92 Å². The molecule has 0 spiro atoms. The van der Waals surface area contributed by atoms with Gasteiger partial charge in [0.05, 0.1) is 13.2 Å². The van der Waals surface area contributed by atoms with Crippen LogP contribution >= 0.6 is 0 Å². The first-order valence-electron chi connectivity index (χ1n) is 5.35. The van der Waals surface area contributed by atoms with Crippen LogP contribution in [0.4, 0.5) is 0 Å². The van der Waals surface area contributed by atoms with Crippen LogP contribution < -0.4 is 5.32 Å². The standard InChI is InChI=1S/C10H19NO2/c1-2-9(6-11-4-1)3-5-13-10-7-12-8-10/h9-11H,1-8H2. The van der Waals surface area contributed by atoms with E-state index in [-0.39, 0.29) is 0 Å². The molecule has 76 valence electrons. The molecule has 3 heteroatoms. The van der Waals surface area contributed by atoms with Crippen molar-refractivity contribution in [3.63, 3.8) is 0 Å². The minimum absolute atomic E-state index is 0.400. The van der Waals surface area contributed by atoms with Gasteiger partial charge in [-0.1, -0.05) is 0 Å². The Hall–Kier alpha value is -0.120. The maximum Gasteiger partial charge on any atom is 0.104 e. The Balaban J connectivity index is 1.50. The maximum atomic E-state index is 5.63.